The molecule has 0 aliphatic carbocycles. The van der Waals surface area contributed by atoms with Gasteiger partial charge in [-0.3, -0.25) is 0 Å². The van der Waals surface area contributed by atoms with Crippen LogP contribution in [-0.4, -0.2) is 9.78 Å². The summed E-state index contributed by atoms with van der Waals surface area (Å²) in [6.45, 7) is 2.47. The van der Waals surface area contributed by atoms with Gasteiger partial charge in [0.15, 0.2) is 0 Å². The first-order chi connectivity index (χ1) is 9.83. The second-order valence-corrected chi connectivity index (χ2v) is 4.55. The van der Waals surface area contributed by atoms with Crippen molar-refractivity contribution in [3.05, 3.63) is 78.1 Å². The van der Waals surface area contributed by atoms with Gasteiger partial charge in [-0.2, -0.15) is 5.10 Å². The maximum atomic E-state index is 5.78. The molecule has 0 bridgehead atoms. The minimum absolute atomic E-state index is 0.480. The quantitative estimate of drug-likeness (QED) is 0.719. The van der Waals surface area contributed by atoms with E-state index in [4.69, 9.17) is 4.74 Å². The number of aromatic nitrogens is 2. The molecule has 0 aliphatic rings. The zero-order chi connectivity index (χ0) is 13.8. The summed E-state index contributed by atoms with van der Waals surface area (Å²) in [6, 6.07) is 22.6. The molecular formula is C17H15N2O. The molecule has 0 saturated heterocycles. The standard InChI is InChI=1S/C17H15N2O/c1-14-12-16(13-20-17-10-6-3-7-11-17)19(18-14)15-8-4-2-5-9-15/h2-6,8-12H,13H2,1H3. The first-order valence-corrected chi connectivity index (χ1v) is 6.53. The van der Waals surface area contributed by atoms with Crippen LogP contribution in [0.1, 0.15) is 11.4 Å². The van der Waals surface area contributed by atoms with Crippen molar-refractivity contribution in [1.29, 1.82) is 0 Å². The number of ether oxygens (including phenoxy) is 1. The monoisotopic (exact) mass is 263 g/mol. The Morgan fingerprint density at radius 1 is 1.15 bits per heavy atom. The van der Waals surface area contributed by atoms with E-state index < -0.39 is 0 Å². The number of nitrogens with zero attached hydrogens (tertiary/aromatic N) is 2. The van der Waals surface area contributed by atoms with Gasteiger partial charge in [0.1, 0.15) is 12.4 Å². The largest absolute Gasteiger partial charge is 0.487 e. The summed E-state index contributed by atoms with van der Waals surface area (Å²) in [4.78, 5) is 0. The summed E-state index contributed by atoms with van der Waals surface area (Å²) in [5.74, 6) is 0.811. The van der Waals surface area contributed by atoms with Crippen LogP contribution in [-0.2, 0) is 6.61 Å². The molecule has 99 valence electrons. The van der Waals surface area contributed by atoms with Gasteiger partial charge in [0.25, 0.3) is 0 Å². The molecule has 3 heteroatoms. The molecule has 0 spiro atoms. The van der Waals surface area contributed by atoms with Gasteiger partial charge in [-0.05, 0) is 43.3 Å². The minimum Gasteiger partial charge on any atom is -0.487 e. The van der Waals surface area contributed by atoms with Crippen molar-refractivity contribution in [1.82, 2.24) is 9.78 Å². The van der Waals surface area contributed by atoms with E-state index in [1.807, 2.05) is 72.3 Å². The lowest BCUT2D eigenvalue weighted by molar-refractivity contribution is 0.297. The van der Waals surface area contributed by atoms with Crippen molar-refractivity contribution in [2.24, 2.45) is 0 Å². The maximum Gasteiger partial charge on any atom is 0.130 e. The van der Waals surface area contributed by atoms with Gasteiger partial charge in [0, 0.05) is 0 Å². The van der Waals surface area contributed by atoms with Crippen LogP contribution in [0, 0.1) is 13.0 Å². The molecule has 0 unspecified atom stereocenters. The van der Waals surface area contributed by atoms with E-state index >= 15 is 0 Å². The predicted molar refractivity (Wildman–Crippen MR) is 77.9 cm³/mol. The van der Waals surface area contributed by atoms with E-state index in [9.17, 15) is 0 Å². The SMILES string of the molecule is Cc1cc(COc2c[c]ccc2)n(-c2ccccc2)n1. The van der Waals surface area contributed by atoms with Crippen molar-refractivity contribution in [3.63, 3.8) is 0 Å². The number of hydrogen-bond acceptors (Lipinski definition) is 2. The highest BCUT2D eigenvalue weighted by Gasteiger charge is 2.08. The van der Waals surface area contributed by atoms with E-state index in [2.05, 4.69) is 11.2 Å². The molecule has 0 saturated carbocycles. The lowest BCUT2D eigenvalue weighted by Crippen LogP contribution is -2.05. The van der Waals surface area contributed by atoms with Crippen LogP contribution in [0.2, 0.25) is 0 Å². The Hall–Kier alpha value is -2.55. The first kappa shape index (κ1) is 12.5. The lowest BCUT2D eigenvalue weighted by Gasteiger charge is -2.09. The number of benzene rings is 2. The van der Waals surface area contributed by atoms with Gasteiger partial charge in [0.05, 0.1) is 17.1 Å². The molecule has 0 fully saturated rings. The Kier molecular flexibility index (Phi) is 3.50. The molecule has 0 amide bonds. The highest BCUT2D eigenvalue weighted by atomic mass is 16.5. The number of para-hydroxylation sites is 1. The van der Waals surface area contributed by atoms with Crippen molar-refractivity contribution in [2.45, 2.75) is 13.5 Å². The summed E-state index contributed by atoms with van der Waals surface area (Å²) in [6.07, 6.45) is 0. The average molecular weight is 263 g/mol. The predicted octanol–water partition coefficient (Wildman–Crippen LogP) is 3.56. The second-order valence-electron chi connectivity index (χ2n) is 4.55. The van der Waals surface area contributed by atoms with Gasteiger partial charge in [-0.25, -0.2) is 4.68 Å². The van der Waals surface area contributed by atoms with Crippen molar-refractivity contribution >= 4 is 0 Å². The number of rotatable bonds is 4. The molecule has 0 aliphatic heterocycles. The Bertz CT molecular complexity index is 675. The van der Waals surface area contributed by atoms with Crippen LogP contribution in [0.15, 0.2) is 60.7 Å². The van der Waals surface area contributed by atoms with E-state index in [1.54, 1.807) is 0 Å². The smallest absolute Gasteiger partial charge is 0.130 e. The van der Waals surface area contributed by atoms with E-state index in [0.717, 1.165) is 22.8 Å². The highest BCUT2D eigenvalue weighted by Crippen LogP contribution is 2.15. The van der Waals surface area contributed by atoms with Gasteiger partial charge in [-0.1, -0.05) is 30.3 Å². The summed E-state index contributed by atoms with van der Waals surface area (Å²) < 4.78 is 7.69. The molecule has 2 aromatic carbocycles. The van der Waals surface area contributed by atoms with Crippen LogP contribution in [0.5, 0.6) is 5.75 Å². The molecule has 1 heterocycles. The second kappa shape index (κ2) is 5.61. The Morgan fingerprint density at radius 2 is 2.00 bits per heavy atom. The van der Waals surface area contributed by atoms with E-state index in [0.29, 0.717) is 6.61 Å². The lowest BCUT2D eigenvalue weighted by atomic mass is 10.3. The zero-order valence-corrected chi connectivity index (χ0v) is 11.3. The molecule has 3 nitrogen and oxygen atoms in total. The fourth-order valence-electron chi connectivity index (χ4n) is 2.07. The van der Waals surface area contributed by atoms with Crippen molar-refractivity contribution < 1.29 is 4.74 Å². The fourth-order valence-corrected chi connectivity index (χ4v) is 2.07. The van der Waals surface area contributed by atoms with Gasteiger partial charge < -0.3 is 4.74 Å². The zero-order valence-electron chi connectivity index (χ0n) is 11.3. The number of aryl methyl sites for hydroxylation is 1. The number of hydrogen-bond donors (Lipinski definition) is 0. The van der Waals surface area contributed by atoms with Crippen molar-refractivity contribution in [3.8, 4) is 11.4 Å². The maximum absolute atomic E-state index is 5.78. The molecule has 1 radical (unpaired) electrons. The molecule has 0 atom stereocenters. The summed E-state index contributed by atoms with van der Waals surface area (Å²) >= 11 is 0. The van der Waals surface area contributed by atoms with Crippen LogP contribution in [0.25, 0.3) is 5.69 Å². The summed E-state index contributed by atoms with van der Waals surface area (Å²) in [5, 5.41) is 4.52. The van der Waals surface area contributed by atoms with Crippen LogP contribution in [0.3, 0.4) is 0 Å². The summed E-state index contributed by atoms with van der Waals surface area (Å²) in [5.41, 5.74) is 3.04. The van der Waals surface area contributed by atoms with Gasteiger partial charge in [-0.15, -0.1) is 0 Å². The van der Waals surface area contributed by atoms with Gasteiger partial charge in [0.2, 0.25) is 0 Å². The van der Waals surface area contributed by atoms with E-state index in [1.165, 1.54) is 0 Å². The van der Waals surface area contributed by atoms with Crippen molar-refractivity contribution in [2.75, 3.05) is 0 Å². The topological polar surface area (TPSA) is 27.1 Å². The normalized spacial score (nSPS) is 10.4. The highest BCUT2D eigenvalue weighted by molar-refractivity contribution is 5.33. The van der Waals surface area contributed by atoms with E-state index in [-0.39, 0.29) is 0 Å². The Labute approximate surface area is 118 Å². The third-order valence-electron chi connectivity index (χ3n) is 2.97. The first-order valence-electron chi connectivity index (χ1n) is 6.53. The molecular weight excluding hydrogens is 248 g/mol. The van der Waals surface area contributed by atoms with Crippen LogP contribution >= 0.6 is 0 Å². The molecule has 0 N–H and O–H groups in total. The van der Waals surface area contributed by atoms with Crippen LogP contribution in [0.4, 0.5) is 0 Å². The molecule has 20 heavy (non-hydrogen) atoms. The molecule has 1 aromatic heterocycles. The fraction of sp³-hybridized carbons (Fsp3) is 0.118. The molecule has 3 aromatic rings. The third kappa shape index (κ3) is 2.72. The Balaban J connectivity index is 1.84. The average Bonchev–Trinajstić information content (AvgIpc) is 2.88. The Morgan fingerprint density at radius 3 is 2.75 bits per heavy atom. The minimum atomic E-state index is 0.480. The van der Waals surface area contributed by atoms with Gasteiger partial charge >= 0.3 is 0 Å². The molecule has 3 rings (SSSR count). The van der Waals surface area contributed by atoms with Crippen LogP contribution < -0.4 is 4.74 Å². The third-order valence-corrected chi connectivity index (χ3v) is 2.97. The summed E-state index contributed by atoms with van der Waals surface area (Å²) in [7, 11) is 0.